The molecule has 1 aliphatic carbocycles. The SMILES string of the molecule is N[C@@H](C(=O)O)[C@H](O)C1CCCCC1. The van der Waals surface area contributed by atoms with Crippen LogP contribution in [0.4, 0.5) is 0 Å². The number of carboxylic acid groups (broad SMARTS) is 1. The van der Waals surface area contributed by atoms with Crippen LogP contribution < -0.4 is 5.73 Å². The van der Waals surface area contributed by atoms with Gasteiger partial charge in [0.15, 0.2) is 0 Å². The summed E-state index contributed by atoms with van der Waals surface area (Å²) in [5.74, 6) is -1.03. The molecule has 4 nitrogen and oxygen atoms in total. The normalized spacial score (nSPS) is 23.8. The molecule has 0 aliphatic heterocycles. The van der Waals surface area contributed by atoms with E-state index in [2.05, 4.69) is 0 Å². The Morgan fingerprint density at radius 2 is 1.85 bits per heavy atom. The minimum atomic E-state index is -1.12. The lowest BCUT2D eigenvalue weighted by molar-refractivity contribution is -0.142. The first-order valence-electron chi connectivity index (χ1n) is 4.79. The van der Waals surface area contributed by atoms with E-state index in [1.165, 1.54) is 6.42 Å². The van der Waals surface area contributed by atoms with Gasteiger partial charge in [-0.15, -0.1) is 0 Å². The van der Waals surface area contributed by atoms with Gasteiger partial charge in [0.05, 0.1) is 6.10 Å². The van der Waals surface area contributed by atoms with E-state index >= 15 is 0 Å². The molecule has 76 valence electrons. The van der Waals surface area contributed by atoms with Crippen molar-refractivity contribution in [2.24, 2.45) is 11.7 Å². The number of carboxylic acids is 1. The molecule has 0 radical (unpaired) electrons. The van der Waals surface area contributed by atoms with E-state index < -0.39 is 18.1 Å². The highest BCUT2D eigenvalue weighted by molar-refractivity contribution is 5.73. The highest BCUT2D eigenvalue weighted by Crippen LogP contribution is 2.27. The number of hydrogen-bond acceptors (Lipinski definition) is 3. The van der Waals surface area contributed by atoms with Crippen LogP contribution in [0.2, 0.25) is 0 Å². The van der Waals surface area contributed by atoms with Crippen LogP contribution >= 0.6 is 0 Å². The van der Waals surface area contributed by atoms with Gasteiger partial charge in [0.25, 0.3) is 0 Å². The number of rotatable bonds is 3. The van der Waals surface area contributed by atoms with E-state index in [1.54, 1.807) is 0 Å². The minimum absolute atomic E-state index is 0.0832. The van der Waals surface area contributed by atoms with Crippen molar-refractivity contribution in [2.75, 3.05) is 0 Å². The first kappa shape index (κ1) is 10.5. The summed E-state index contributed by atoms with van der Waals surface area (Å²) in [5, 5.41) is 18.2. The molecular weight excluding hydrogens is 170 g/mol. The van der Waals surface area contributed by atoms with Gasteiger partial charge in [-0.25, -0.2) is 0 Å². The first-order valence-corrected chi connectivity index (χ1v) is 4.79. The van der Waals surface area contributed by atoms with Gasteiger partial charge in [0.2, 0.25) is 0 Å². The average Bonchev–Trinajstić information content (AvgIpc) is 2.17. The van der Waals surface area contributed by atoms with Gasteiger partial charge in [-0.2, -0.15) is 0 Å². The van der Waals surface area contributed by atoms with E-state index in [4.69, 9.17) is 10.8 Å². The monoisotopic (exact) mass is 187 g/mol. The quantitative estimate of drug-likeness (QED) is 0.595. The van der Waals surface area contributed by atoms with Crippen LogP contribution in [-0.2, 0) is 4.79 Å². The fraction of sp³-hybridized carbons (Fsp3) is 0.889. The van der Waals surface area contributed by atoms with Crippen LogP contribution in [0.25, 0.3) is 0 Å². The fourth-order valence-corrected chi connectivity index (χ4v) is 1.91. The van der Waals surface area contributed by atoms with E-state index in [-0.39, 0.29) is 5.92 Å². The zero-order chi connectivity index (χ0) is 9.84. The molecule has 0 bridgehead atoms. The van der Waals surface area contributed by atoms with Crippen molar-refractivity contribution >= 4 is 5.97 Å². The molecule has 0 aromatic rings. The lowest BCUT2D eigenvalue weighted by Crippen LogP contribution is -2.46. The Kier molecular flexibility index (Phi) is 3.69. The van der Waals surface area contributed by atoms with Gasteiger partial charge in [0, 0.05) is 0 Å². The van der Waals surface area contributed by atoms with Crippen molar-refractivity contribution in [1.29, 1.82) is 0 Å². The van der Waals surface area contributed by atoms with Crippen molar-refractivity contribution in [3.8, 4) is 0 Å². The molecule has 4 N–H and O–H groups in total. The summed E-state index contributed by atoms with van der Waals surface area (Å²) in [5.41, 5.74) is 5.34. The lowest BCUT2D eigenvalue weighted by Gasteiger charge is -2.28. The number of hydrogen-bond donors (Lipinski definition) is 3. The zero-order valence-corrected chi connectivity index (χ0v) is 7.65. The third-order valence-corrected chi connectivity index (χ3v) is 2.79. The van der Waals surface area contributed by atoms with Crippen LogP contribution in [0.1, 0.15) is 32.1 Å². The number of aliphatic hydroxyl groups excluding tert-OH is 1. The largest absolute Gasteiger partial charge is 0.480 e. The van der Waals surface area contributed by atoms with Crippen LogP contribution in [0.15, 0.2) is 0 Å². The summed E-state index contributed by atoms with van der Waals surface area (Å²) < 4.78 is 0. The molecule has 0 aromatic carbocycles. The summed E-state index contributed by atoms with van der Waals surface area (Å²) in [6, 6.07) is -1.12. The van der Waals surface area contributed by atoms with Crippen molar-refractivity contribution < 1.29 is 15.0 Å². The standard InChI is InChI=1S/C9H17NO3/c10-7(9(12)13)8(11)6-4-2-1-3-5-6/h6-8,11H,1-5,10H2,(H,12,13)/t7-,8-/m1/s1. The first-order chi connectivity index (χ1) is 6.13. The maximum absolute atomic E-state index is 10.5. The Labute approximate surface area is 77.7 Å². The van der Waals surface area contributed by atoms with Crippen molar-refractivity contribution in [1.82, 2.24) is 0 Å². The van der Waals surface area contributed by atoms with Gasteiger partial charge in [0.1, 0.15) is 6.04 Å². The summed E-state index contributed by atoms with van der Waals surface area (Å²) in [6.07, 6.45) is 4.27. The molecule has 1 fully saturated rings. The molecule has 0 aromatic heterocycles. The molecular formula is C9H17NO3. The molecule has 1 saturated carbocycles. The Balaban J connectivity index is 2.44. The van der Waals surface area contributed by atoms with Crippen LogP contribution in [-0.4, -0.2) is 28.3 Å². The van der Waals surface area contributed by atoms with Gasteiger partial charge in [-0.05, 0) is 18.8 Å². The predicted molar refractivity (Wildman–Crippen MR) is 48.2 cm³/mol. The maximum Gasteiger partial charge on any atom is 0.323 e. The highest BCUT2D eigenvalue weighted by Gasteiger charge is 2.30. The van der Waals surface area contributed by atoms with E-state index in [0.29, 0.717) is 0 Å². The third-order valence-electron chi connectivity index (χ3n) is 2.79. The van der Waals surface area contributed by atoms with Crippen LogP contribution in [0.5, 0.6) is 0 Å². The molecule has 0 unspecified atom stereocenters. The van der Waals surface area contributed by atoms with Crippen molar-refractivity contribution in [3.63, 3.8) is 0 Å². The third kappa shape index (κ3) is 2.67. The van der Waals surface area contributed by atoms with Crippen LogP contribution in [0, 0.1) is 5.92 Å². The molecule has 0 amide bonds. The van der Waals surface area contributed by atoms with E-state index in [0.717, 1.165) is 25.7 Å². The average molecular weight is 187 g/mol. The minimum Gasteiger partial charge on any atom is -0.480 e. The van der Waals surface area contributed by atoms with E-state index in [9.17, 15) is 9.90 Å². The predicted octanol–water partition coefficient (Wildman–Crippen LogP) is 0.339. The van der Waals surface area contributed by atoms with Crippen molar-refractivity contribution in [2.45, 2.75) is 44.2 Å². The molecule has 1 rings (SSSR count). The maximum atomic E-state index is 10.5. The Hall–Kier alpha value is -0.610. The number of aliphatic hydroxyl groups is 1. The summed E-state index contributed by atoms with van der Waals surface area (Å²) in [4.78, 5) is 10.5. The van der Waals surface area contributed by atoms with Gasteiger partial charge in [-0.1, -0.05) is 19.3 Å². The second-order valence-electron chi connectivity index (χ2n) is 3.75. The number of nitrogens with two attached hydrogens (primary N) is 1. The Morgan fingerprint density at radius 1 is 1.31 bits per heavy atom. The number of carbonyl (C=O) groups is 1. The molecule has 0 spiro atoms. The topological polar surface area (TPSA) is 83.6 Å². The molecule has 4 heteroatoms. The smallest absolute Gasteiger partial charge is 0.323 e. The zero-order valence-electron chi connectivity index (χ0n) is 7.65. The van der Waals surface area contributed by atoms with Crippen LogP contribution in [0.3, 0.4) is 0 Å². The molecule has 0 saturated heterocycles. The lowest BCUT2D eigenvalue weighted by atomic mass is 9.83. The highest BCUT2D eigenvalue weighted by atomic mass is 16.4. The summed E-state index contributed by atoms with van der Waals surface area (Å²) in [6.45, 7) is 0. The van der Waals surface area contributed by atoms with Gasteiger partial charge < -0.3 is 15.9 Å². The fourth-order valence-electron chi connectivity index (χ4n) is 1.91. The molecule has 2 atom stereocenters. The number of aliphatic carboxylic acids is 1. The summed E-state index contributed by atoms with van der Waals surface area (Å²) in [7, 11) is 0. The molecule has 13 heavy (non-hydrogen) atoms. The second-order valence-corrected chi connectivity index (χ2v) is 3.75. The summed E-state index contributed by atoms with van der Waals surface area (Å²) >= 11 is 0. The molecule has 0 heterocycles. The van der Waals surface area contributed by atoms with Crippen molar-refractivity contribution in [3.05, 3.63) is 0 Å². The molecule has 1 aliphatic rings. The van der Waals surface area contributed by atoms with E-state index in [1.807, 2.05) is 0 Å². The van der Waals surface area contributed by atoms with Gasteiger partial charge in [-0.3, -0.25) is 4.79 Å². The van der Waals surface area contributed by atoms with Gasteiger partial charge >= 0.3 is 5.97 Å². The Morgan fingerprint density at radius 3 is 2.31 bits per heavy atom. The second kappa shape index (κ2) is 4.58. The Bertz CT molecular complexity index is 178.